The van der Waals surface area contributed by atoms with Crippen molar-refractivity contribution in [3.8, 4) is 0 Å². The summed E-state index contributed by atoms with van der Waals surface area (Å²) in [7, 11) is 0. The van der Waals surface area contributed by atoms with Crippen molar-refractivity contribution in [2.24, 2.45) is 5.92 Å². The maximum atomic E-state index is 13.2. The van der Waals surface area contributed by atoms with Crippen molar-refractivity contribution in [3.05, 3.63) is 11.7 Å². The minimum Gasteiger partial charge on any atom is -0.208 e. The Kier molecular flexibility index (Phi) is 2.06. The maximum Gasteiger partial charge on any atom is 0.337 e. The molecule has 2 atom stereocenters. The first-order valence-electron chi connectivity index (χ1n) is 3.82. The number of allylic oxidation sites excluding steroid dienone is 2. The third-order valence-corrected chi connectivity index (χ3v) is 4.67. The first-order chi connectivity index (χ1) is 6.94. The van der Waals surface area contributed by atoms with Crippen LogP contribution in [0.1, 0.15) is 0 Å². The Morgan fingerprint density at radius 2 is 1.31 bits per heavy atom. The molecule has 0 radical (unpaired) electrons. The monoisotopic (exact) mass is 364 g/mol. The second-order valence-corrected chi connectivity index (χ2v) is 5.19. The van der Waals surface area contributed by atoms with Gasteiger partial charge in [0.2, 0.25) is 3.42 Å². The molecule has 2 unspecified atom stereocenters. The highest BCUT2D eigenvalue weighted by Crippen LogP contribution is 2.75. The Hall–Kier alpha value is -0.0900. The average molecular weight is 364 g/mol. The van der Waals surface area contributed by atoms with E-state index in [1.807, 2.05) is 0 Å². The number of rotatable bonds is 0. The molecule has 0 aliphatic heterocycles. The summed E-state index contributed by atoms with van der Waals surface area (Å²) in [5.41, 5.74) is 0. The van der Waals surface area contributed by atoms with E-state index in [1.165, 1.54) is 0 Å². The van der Waals surface area contributed by atoms with Crippen molar-refractivity contribution in [1.82, 2.24) is 0 Å². The molecular formula is C7HF8I. The largest absolute Gasteiger partial charge is 0.337 e. The normalized spacial score (nSPS) is 42.9. The number of fused-ring (bicyclic) bond motifs is 2. The summed E-state index contributed by atoms with van der Waals surface area (Å²) in [6, 6.07) is 0. The lowest BCUT2D eigenvalue weighted by atomic mass is 9.97. The van der Waals surface area contributed by atoms with Gasteiger partial charge in [-0.2, -0.15) is 17.6 Å². The minimum atomic E-state index is -5.34. The fraction of sp³-hybridized carbons (Fsp3) is 0.714. The van der Waals surface area contributed by atoms with Gasteiger partial charge in [-0.15, -0.1) is 0 Å². The van der Waals surface area contributed by atoms with Crippen LogP contribution < -0.4 is 0 Å². The van der Waals surface area contributed by atoms with Crippen LogP contribution in [0.3, 0.4) is 0 Å². The Morgan fingerprint density at radius 3 is 1.62 bits per heavy atom. The van der Waals surface area contributed by atoms with Crippen molar-refractivity contribution in [2.75, 3.05) is 0 Å². The van der Waals surface area contributed by atoms with Crippen molar-refractivity contribution in [3.63, 3.8) is 0 Å². The van der Waals surface area contributed by atoms with Gasteiger partial charge in [-0.05, 0) is 0 Å². The molecule has 0 aromatic rings. The molecule has 0 aromatic carbocycles. The molecular weight excluding hydrogens is 363 g/mol. The van der Waals surface area contributed by atoms with E-state index in [1.54, 1.807) is 0 Å². The van der Waals surface area contributed by atoms with E-state index in [0.717, 1.165) is 0 Å². The number of halogens is 9. The van der Waals surface area contributed by atoms with E-state index in [-0.39, 0.29) is 22.6 Å². The quantitative estimate of drug-likeness (QED) is 0.348. The summed E-state index contributed by atoms with van der Waals surface area (Å²) in [6.45, 7) is 0. The maximum absolute atomic E-state index is 13.2. The van der Waals surface area contributed by atoms with Crippen LogP contribution in [0.5, 0.6) is 0 Å². The molecule has 0 nitrogen and oxygen atoms in total. The zero-order valence-corrected chi connectivity index (χ0v) is 9.14. The van der Waals surface area contributed by atoms with Gasteiger partial charge >= 0.3 is 11.8 Å². The Labute approximate surface area is 96.8 Å². The zero-order valence-electron chi connectivity index (χ0n) is 6.98. The van der Waals surface area contributed by atoms with Crippen molar-refractivity contribution in [1.29, 1.82) is 0 Å². The van der Waals surface area contributed by atoms with Gasteiger partial charge in [-0.3, -0.25) is 0 Å². The van der Waals surface area contributed by atoms with E-state index < -0.39 is 38.8 Å². The molecule has 0 aromatic heterocycles. The highest BCUT2D eigenvalue weighted by atomic mass is 127. The lowest BCUT2D eigenvalue weighted by Gasteiger charge is -2.32. The van der Waals surface area contributed by atoms with Gasteiger partial charge in [0.05, 0.1) is 0 Å². The molecule has 92 valence electrons. The minimum absolute atomic E-state index is 0.170. The van der Waals surface area contributed by atoms with Gasteiger partial charge in [0.15, 0.2) is 5.83 Å². The molecule has 2 aliphatic carbocycles. The van der Waals surface area contributed by atoms with Crippen molar-refractivity contribution in [2.45, 2.75) is 21.2 Å². The summed E-state index contributed by atoms with van der Waals surface area (Å²) < 4.78 is 99.9. The predicted molar refractivity (Wildman–Crippen MR) is 44.3 cm³/mol. The predicted octanol–water partition coefficient (Wildman–Crippen LogP) is 3.86. The SMILES string of the molecule is FC1=C(F)C2(I)C(F)(F)C1C(F)(F)C2(F)F. The van der Waals surface area contributed by atoms with Gasteiger partial charge in [0, 0.05) is 0 Å². The molecule has 2 rings (SSSR count). The highest BCUT2D eigenvalue weighted by molar-refractivity contribution is 14.1. The number of hydrogen-bond acceptors (Lipinski definition) is 0. The lowest BCUT2D eigenvalue weighted by molar-refractivity contribution is -0.214. The fourth-order valence-electron chi connectivity index (χ4n) is 1.94. The van der Waals surface area contributed by atoms with Gasteiger partial charge in [0.1, 0.15) is 11.7 Å². The van der Waals surface area contributed by atoms with Crippen LogP contribution in [-0.2, 0) is 0 Å². The van der Waals surface area contributed by atoms with E-state index in [4.69, 9.17) is 0 Å². The van der Waals surface area contributed by atoms with Crippen LogP contribution in [0, 0.1) is 5.92 Å². The van der Waals surface area contributed by atoms with Crippen LogP contribution >= 0.6 is 22.6 Å². The van der Waals surface area contributed by atoms with E-state index in [0.29, 0.717) is 0 Å². The second kappa shape index (κ2) is 2.66. The molecule has 2 bridgehead atoms. The topological polar surface area (TPSA) is 0 Å². The molecule has 0 amide bonds. The molecule has 16 heavy (non-hydrogen) atoms. The van der Waals surface area contributed by atoms with Crippen LogP contribution in [0.2, 0.25) is 0 Å². The van der Waals surface area contributed by atoms with Crippen LogP contribution in [0.25, 0.3) is 0 Å². The fourth-order valence-corrected chi connectivity index (χ4v) is 2.87. The highest BCUT2D eigenvalue weighted by Gasteiger charge is 2.95. The third kappa shape index (κ3) is 0.828. The van der Waals surface area contributed by atoms with Crippen molar-refractivity contribution < 1.29 is 35.1 Å². The van der Waals surface area contributed by atoms with Crippen molar-refractivity contribution >= 4 is 22.6 Å². The molecule has 2 aliphatic rings. The standard InChI is InChI=1S/C7HF8I/c8-1-2-5(10,11)4(16,3(1)9)7(14,15)6(2,12)13/h2H. The average Bonchev–Trinajstić information content (AvgIpc) is 2.28. The van der Waals surface area contributed by atoms with E-state index in [2.05, 4.69) is 0 Å². The molecule has 0 heterocycles. The summed E-state index contributed by atoms with van der Waals surface area (Å²) >= 11 is 0.170. The third-order valence-electron chi connectivity index (χ3n) is 2.80. The zero-order chi connectivity index (χ0) is 12.7. The summed E-state index contributed by atoms with van der Waals surface area (Å²) in [5, 5.41) is 0. The Bertz CT molecular complexity index is 399. The van der Waals surface area contributed by atoms with Gasteiger partial charge < -0.3 is 0 Å². The van der Waals surface area contributed by atoms with Gasteiger partial charge in [0.25, 0.3) is 5.92 Å². The number of alkyl halides is 7. The summed E-state index contributed by atoms with van der Waals surface area (Å²) in [5.74, 6) is -24.2. The first-order valence-corrected chi connectivity index (χ1v) is 4.90. The molecule has 0 saturated heterocycles. The lowest BCUT2D eigenvalue weighted by Crippen LogP contribution is -2.54. The molecule has 0 spiro atoms. The second-order valence-electron chi connectivity index (χ2n) is 3.57. The smallest absolute Gasteiger partial charge is 0.208 e. The number of hydrogen-bond donors (Lipinski definition) is 0. The molecule has 9 heteroatoms. The molecule has 1 fully saturated rings. The van der Waals surface area contributed by atoms with E-state index in [9.17, 15) is 35.1 Å². The Balaban J connectivity index is 2.81. The Morgan fingerprint density at radius 1 is 0.875 bits per heavy atom. The first kappa shape index (κ1) is 12.4. The molecule has 1 saturated carbocycles. The summed E-state index contributed by atoms with van der Waals surface area (Å²) in [6.07, 6.45) is 0. The summed E-state index contributed by atoms with van der Waals surface area (Å²) in [4.78, 5) is 0. The van der Waals surface area contributed by atoms with Crippen LogP contribution in [0.4, 0.5) is 35.1 Å². The van der Waals surface area contributed by atoms with Crippen LogP contribution in [0.15, 0.2) is 11.7 Å². The van der Waals surface area contributed by atoms with Crippen LogP contribution in [-0.4, -0.2) is 21.2 Å². The van der Waals surface area contributed by atoms with Gasteiger partial charge in [-0.1, -0.05) is 22.6 Å². The van der Waals surface area contributed by atoms with Gasteiger partial charge in [-0.25, -0.2) is 17.6 Å². The van der Waals surface area contributed by atoms with E-state index >= 15 is 0 Å². The molecule has 0 N–H and O–H groups in total.